The SMILES string of the molecule is CNC(=O)CN1CCN(C(=O)c2cc(C)cc(C)c2)CC1. The Balaban J connectivity index is 1.95. The van der Waals surface area contributed by atoms with Crippen LogP contribution in [0, 0.1) is 13.8 Å². The van der Waals surface area contributed by atoms with Crippen molar-refractivity contribution in [2.24, 2.45) is 0 Å². The molecule has 0 unspecified atom stereocenters. The monoisotopic (exact) mass is 289 g/mol. The highest BCUT2D eigenvalue weighted by Gasteiger charge is 2.23. The minimum absolute atomic E-state index is 0.0177. The predicted molar refractivity (Wildman–Crippen MR) is 82.3 cm³/mol. The van der Waals surface area contributed by atoms with Crippen molar-refractivity contribution in [1.82, 2.24) is 15.1 Å². The number of likely N-dealkylation sites (N-methyl/N-ethyl adjacent to an activating group) is 1. The van der Waals surface area contributed by atoms with Crippen LogP contribution in [-0.4, -0.2) is 61.4 Å². The van der Waals surface area contributed by atoms with Gasteiger partial charge in [0.25, 0.3) is 5.91 Å². The van der Waals surface area contributed by atoms with Crippen molar-refractivity contribution in [3.8, 4) is 0 Å². The van der Waals surface area contributed by atoms with Crippen LogP contribution in [0.25, 0.3) is 0 Å². The Morgan fingerprint density at radius 3 is 2.14 bits per heavy atom. The summed E-state index contributed by atoms with van der Waals surface area (Å²) < 4.78 is 0. The van der Waals surface area contributed by atoms with Crippen LogP contribution in [0.1, 0.15) is 21.5 Å². The van der Waals surface area contributed by atoms with Gasteiger partial charge in [0.15, 0.2) is 0 Å². The van der Waals surface area contributed by atoms with E-state index in [4.69, 9.17) is 0 Å². The fraction of sp³-hybridized carbons (Fsp3) is 0.500. The summed E-state index contributed by atoms with van der Waals surface area (Å²) in [5.41, 5.74) is 2.97. The zero-order valence-electron chi connectivity index (χ0n) is 13.0. The molecular formula is C16H23N3O2. The molecule has 0 saturated carbocycles. The molecule has 0 spiro atoms. The number of amides is 2. The van der Waals surface area contributed by atoms with Crippen LogP contribution >= 0.6 is 0 Å². The van der Waals surface area contributed by atoms with Crippen molar-refractivity contribution in [1.29, 1.82) is 0 Å². The van der Waals surface area contributed by atoms with E-state index in [0.29, 0.717) is 19.6 Å². The minimum Gasteiger partial charge on any atom is -0.358 e. The first-order chi connectivity index (χ1) is 9.99. The van der Waals surface area contributed by atoms with E-state index < -0.39 is 0 Å². The van der Waals surface area contributed by atoms with E-state index in [9.17, 15) is 9.59 Å². The molecule has 1 N–H and O–H groups in total. The molecule has 1 heterocycles. The lowest BCUT2D eigenvalue weighted by Gasteiger charge is -2.34. The summed E-state index contributed by atoms with van der Waals surface area (Å²) in [6.07, 6.45) is 0. The molecule has 21 heavy (non-hydrogen) atoms. The fourth-order valence-corrected chi connectivity index (χ4v) is 2.67. The molecule has 0 bridgehead atoms. The number of hydrogen-bond donors (Lipinski definition) is 1. The van der Waals surface area contributed by atoms with Gasteiger partial charge in [-0.15, -0.1) is 0 Å². The van der Waals surface area contributed by atoms with Crippen molar-refractivity contribution in [2.45, 2.75) is 13.8 Å². The van der Waals surface area contributed by atoms with Crippen LogP contribution in [0.2, 0.25) is 0 Å². The maximum atomic E-state index is 12.5. The summed E-state index contributed by atoms with van der Waals surface area (Å²) >= 11 is 0. The summed E-state index contributed by atoms with van der Waals surface area (Å²) in [4.78, 5) is 27.8. The minimum atomic E-state index is 0.0177. The molecule has 0 atom stereocenters. The first-order valence-electron chi connectivity index (χ1n) is 7.30. The predicted octanol–water partition coefficient (Wildman–Crippen LogP) is 0.807. The lowest BCUT2D eigenvalue weighted by Crippen LogP contribution is -2.50. The molecule has 1 saturated heterocycles. The Morgan fingerprint density at radius 1 is 1.05 bits per heavy atom. The highest BCUT2D eigenvalue weighted by Crippen LogP contribution is 2.13. The molecule has 1 fully saturated rings. The van der Waals surface area contributed by atoms with Gasteiger partial charge in [-0.05, 0) is 26.0 Å². The fourth-order valence-electron chi connectivity index (χ4n) is 2.67. The van der Waals surface area contributed by atoms with E-state index in [1.807, 2.05) is 30.9 Å². The molecular weight excluding hydrogens is 266 g/mol. The quantitative estimate of drug-likeness (QED) is 0.896. The average molecular weight is 289 g/mol. The molecule has 0 aliphatic carbocycles. The first-order valence-corrected chi connectivity index (χ1v) is 7.30. The van der Waals surface area contributed by atoms with E-state index in [1.165, 1.54) is 0 Å². The molecule has 0 radical (unpaired) electrons. The maximum absolute atomic E-state index is 12.5. The molecule has 0 aromatic heterocycles. The van der Waals surface area contributed by atoms with Crippen molar-refractivity contribution < 1.29 is 9.59 Å². The lowest BCUT2D eigenvalue weighted by molar-refractivity contribution is -0.122. The van der Waals surface area contributed by atoms with Gasteiger partial charge in [-0.3, -0.25) is 14.5 Å². The third-order valence-electron chi connectivity index (χ3n) is 3.77. The second-order valence-corrected chi connectivity index (χ2v) is 5.62. The number of aryl methyl sites for hydroxylation is 2. The van der Waals surface area contributed by atoms with Crippen molar-refractivity contribution >= 4 is 11.8 Å². The summed E-state index contributed by atoms with van der Waals surface area (Å²) in [5.74, 6) is 0.102. The number of benzene rings is 1. The van der Waals surface area contributed by atoms with Gasteiger partial charge >= 0.3 is 0 Å². The standard InChI is InChI=1S/C16H23N3O2/c1-12-8-13(2)10-14(9-12)16(21)19-6-4-18(5-7-19)11-15(20)17-3/h8-10H,4-7,11H2,1-3H3,(H,17,20). The van der Waals surface area contributed by atoms with E-state index >= 15 is 0 Å². The third kappa shape index (κ3) is 4.04. The molecule has 1 aliphatic rings. The van der Waals surface area contributed by atoms with Crippen molar-refractivity contribution in [3.05, 3.63) is 34.9 Å². The van der Waals surface area contributed by atoms with Crippen LogP contribution in [-0.2, 0) is 4.79 Å². The largest absolute Gasteiger partial charge is 0.358 e. The second-order valence-electron chi connectivity index (χ2n) is 5.62. The number of nitrogens with zero attached hydrogens (tertiary/aromatic N) is 2. The highest BCUT2D eigenvalue weighted by atomic mass is 16.2. The van der Waals surface area contributed by atoms with E-state index in [1.54, 1.807) is 7.05 Å². The third-order valence-corrected chi connectivity index (χ3v) is 3.77. The Morgan fingerprint density at radius 2 is 1.62 bits per heavy atom. The van der Waals surface area contributed by atoms with Gasteiger partial charge < -0.3 is 10.2 Å². The summed E-state index contributed by atoms with van der Waals surface area (Å²) in [7, 11) is 1.64. The van der Waals surface area contributed by atoms with Gasteiger partial charge in [0.1, 0.15) is 0 Å². The number of piperazine rings is 1. The topological polar surface area (TPSA) is 52.7 Å². The summed E-state index contributed by atoms with van der Waals surface area (Å²) in [6, 6.07) is 5.94. The van der Waals surface area contributed by atoms with Crippen LogP contribution in [0.5, 0.6) is 0 Å². The molecule has 5 heteroatoms. The zero-order valence-corrected chi connectivity index (χ0v) is 13.0. The molecule has 1 aromatic carbocycles. The molecule has 5 nitrogen and oxygen atoms in total. The van der Waals surface area contributed by atoms with Crippen LogP contribution in [0.3, 0.4) is 0 Å². The van der Waals surface area contributed by atoms with Gasteiger partial charge in [-0.1, -0.05) is 17.2 Å². The second kappa shape index (κ2) is 6.72. The smallest absolute Gasteiger partial charge is 0.253 e. The van der Waals surface area contributed by atoms with Crippen LogP contribution in [0.15, 0.2) is 18.2 Å². The Bertz CT molecular complexity index is 514. The Labute approximate surface area is 125 Å². The Hall–Kier alpha value is -1.88. The molecule has 2 rings (SSSR count). The normalized spacial score (nSPS) is 15.9. The van der Waals surface area contributed by atoms with Gasteiger partial charge in [0.05, 0.1) is 6.54 Å². The molecule has 114 valence electrons. The van der Waals surface area contributed by atoms with Crippen LogP contribution in [0.4, 0.5) is 0 Å². The first kappa shape index (κ1) is 15.5. The van der Waals surface area contributed by atoms with Crippen molar-refractivity contribution in [3.63, 3.8) is 0 Å². The zero-order chi connectivity index (χ0) is 15.4. The molecule has 1 aliphatic heterocycles. The van der Waals surface area contributed by atoms with Gasteiger partial charge in [0, 0.05) is 38.8 Å². The molecule has 2 amide bonds. The van der Waals surface area contributed by atoms with Crippen molar-refractivity contribution in [2.75, 3.05) is 39.8 Å². The Kier molecular flexibility index (Phi) is 4.96. The number of rotatable bonds is 3. The van der Waals surface area contributed by atoms with E-state index in [0.717, 1.165) is 29.8 Å². The average Bonchev–Trinajstić information content (AvgIpc) is 2.46. The van der Waals surface area contributed by atoms with E-state index in [2.05, 4.69) is 16.3 Å². The van der Waals surface area contributed by atoms with Gasteiger partial charge in [0.2, 0.25) is 5.91 Å². The van der Waals surface area contributed by atoms with Crippen LogP contribution < -0.4 is 5.32 Å². The maximum Gasteiger partial charge on any atom is 0.253 e. The lowest BCUT2D eigenvalue weighted by atomic mass is 10.1. The van der Waals surface area contributed by atoms with Gasteiger partial charge in [-0.2, -0.15) is 0 Å². The number of hydrogen-bond acceptors (Lipinski definition) is 3. The number of carbonyl (C=O) groups is 2. The van der Waals surface area contributed by atoms with Gasteiger partial charge in [-0.25, -0.2) is 0 Å². The van der Waals surface area contributed by atoms with E-state index in [-0.39, 0.29) is 11.8 Å². The highest BCUT2D eigenvalue weighted by molar-refractivity contribution is 5.94. The summed E-state index contributed by atoms with van der Waals surface area (Å²) in [6.45, 7) is 7.23. The summed E-state index contributed by atoms with van der Waals surface area (Å²) in [5, 5.41) is 2.62. The molecule has 1 aromatic rings. The number of carbonyl (C=O) groups excluding carboxylic acids is 2. The number of nitrogens with one attached hydrogen (secondary N) is 1.